The molecule has 0 amide bonds. The van der Waals surface area contributed by atoms with Crippen molar-refractivity contribution in [2.45, 2.75) is 6.18 Å². The van der Waals surface area contributed by atoms with E-state index >= 15 is 0 Å². The zero-order chi connectivity index (χ0) is 24.6. The maximum atomic E-state index is 13.7. The average molecular weight is 486 g/mol. The summed E-state index contributed by atoms with van der Waals surface area (Å²) in [6.45, 7) is 0. The van der Waals surface area contributed by atoms with Crippen molar-refractivity contribution in [1.29, 1.82) is 0 Å². The number of nitrogens with zero attached hydrogens (tertiary/aromatic N) is 5. The van der Waals surface area contributed by atoms with Gasteiger partial charge in [-0.15, -0.1) is 11.3 Å². The molecule has 3 aromatic rings. The van der Waals surface area contributed by atoms with Crippen LogP contribution in [0.4, 0.5) is 18.9 Å². The molecule has 10 heteroatoms. The number of aromatic nitrogens is 1. The van der Waals surface area contributed by atoms with Crippen molar-refractivity contribution in [2.24, 2.45) is 4.99 Å². The number of alkyl halides is 3. The predicted molar refractivity (Wildman–Crippen MR) is 129 cm³/mol. The third-order valence-electron chi connectivity index (χ3n) is 4.87. The molecule has 0 unspecified atom stereocenters. The lowest BCUT2D eigenvalue weighted by Crippen LogP contribution is -2.22. The summed E-state index contributed by atoms with van der Waals surface area (Å²) in [7, 11) is 7.01. The molecule has 0 aliphatic carbocycles. The van der Waals surface area contributed by atoms with Crippen LogP contribution in [0.1, 0.15) is 10.6 Å². The van der Waals surface area contributed by atoms with Crippen molar-refractivity contribution >= 4 is 44.9 Å². The lowest BCUT2D eigenvalue weighted by atomic mass is 10.1. The summed E-state index contributed by atoms with van der Waals surface area (Å²) in [6.07, 6.45) is -1.44. The Morgan fingerprint density at radius 2 is 1.76 bits per heavy atom. The van der Waals surface area contributed by atoms with Crippen molar-refractivity contribution in [3.05, 3.63) is 76.8 Å². The van der Waals surface area contributed by atoms with Gasteiger partial charge in [-0.05, 0) is 30.3 Å². The van der Waals surface area contributed by atoms with Gasteiger partial charge in [-0.2, -0.15) is 13.2 Å². The van der Waals surface area contributed by atoms with Crippen LogP contribution in [0, 0.1) is 0 Å². The highest BCUT2D eigenvalue weighted by molar-refractivity contribution is 7.19. The van der Waals surface area contributed by atoms with E-state index in [0.717, 1.165) is 22.3 Å². The van der Waals surface area contributed by atoms with Crippen molar-refractivity contribution in [1.82, 2.24) is 14.8 Å². The molecule has 6 nitrogen and oxygen atoms in total. The minimum absolute atomic E-state index is 0.179. The van der Waals surface area contributed by atoms with Crippen LogP contribution in [0.3, 0.4) is 0 Å². The fraction of sp³-hybridized carbons (Fsp3) is 0.208. The number of fused-ring (bicyclic) bond motifs is 1. The van der Waals surface area contributed by atoms with E-state index in [9.17, 15) is 18.0 Å². The first-order valence-corrected chi connectivity index (χ1v) is 11.1. The average Bonchev–Trinajstić information content (AvgIpc) is 3.30. The number of benzene rings is 2. The topological polar surface area (TPSA) is 52.0 Å². The molecule has 4 rings (SSSR count). The molecule has 0 saturated heterocycles. The third-order valence-corrected chi connectivity index (χ3v) is 5.92. The number of hydrogen-bond donors (Lipinski definition) is 0. The minimum atomic E-state index is -4.53. The van der Waals surface area contributed by atoms with E-state index in [1.807, 2.05) is 24.3 Å². The fourth-order valence-electron chi connectivity index (χ4n) is 3.47. The second-order valence-electron chi connectivity index (χ2n) is 8.08. The normalized spacial score (nSPS) is 15.9. The van der Waals surface area contributed by atoms with Gasteiger partial charge in [0.25, 0.3) is 0 Å². The standard InChI is InChI=1S/C24H22F3N5OS/c1-30(2)13-18-21(33)20(23-29-17-10-5-6-11-19(17)34-23)22(28-14-31(3)4)32(18)16-9-7-8-15(12-16)24(25,26)27/h5-14H,1-4H3/b18-13+,28-14+. The van der Waals surface area contributed by atoms with Crippen LogP contribution in [0.5, 0.6) is 0 Å². The van der Waals surface area contributed by atoms with Gasteiger partial charge >= 0.3 is 6.18 Å². The van der Waals surface area contributed by atoms with Gasteiger partial charge in [0, 0.05) is 40.1 Å². The van der Waals surface area contributed by atoms with Gasteiger partial charge in [0.1, 0.15) is 16.3 Å². The van der Waals surface area contributed by atoms with E-state index in [0.29, 0.717) is 5.01 Å². The Morgan fingerprint density at radius 1 is 1.03 bits per heavy atom. The predicted octanol–water partition coefficient (Wildman–Crippen LogP) is 5.07. The number of ketones is 1. The lowest BCUT2D eigenvalue weighted by Gasteiger charge is -2.23. The lowest BCUT2D eigenvalue weighted by molar-refractivity contribution is -0.137. The van der Waals surface area contributed by atoms with E-state index in [-0.39, 0.29) is 28.6 Å². The number of rotatable bonds is 5. The van der Waals surface area contributed by atoms with Crippen molar-refractivity contribution in [3.63, 3.8) is 0 Å². The number of para-hydroxylation sites is 1. The summed E-state index contributed by atoms with van der Waals surface area (Å²) < 4.78 is 41.3. The highest BCUT2D eigenvalue weighted by Crippen LogP contribution is 2.42. The third kappa shape index (κ3) is 4.54. The number of halogens is 3. The highest BCUT2D eigenvalue weighted by Gasteiger charge is 2.40. The van der Waals surface area contributed by atoms with Crippen molar-refractivity contribution < 1.29 is 18.0 Å². The molecule has 34 heavy (non-hydrogen) atoms. The first-order valence-electron chi connectivity index (χ1n) is 10.3. The fourth-order valence-corrected chi connectivity index (χ4v) is 4.47. The first-order chi connectivity index (χ1) is 16.1. The Balaban J connectivity index is 1.99. The molecule has 2 heterocycles. The minimum Gasteiger partial charge on any atom is -0.382 e. The largest absolute Gasteiger partial charge is 0.416 e. The van der Waals surface area contributed by atoms with Crippen LogP contribution >= 0.6 is 11.3 Å². The van der Waals surface area contributed by atoms with Gasteiger partial charge in [-0.1, -0.05) is 18.2 Å². The summed E-state index contributed by atoms with van der Waals surface area (Å²) in [5.41, 5.74) is 0.521. The van der Waals surface area contributed by atoms with Crippen molar-refractivity contribution in [3.8, 4) is 0 Å². The van der Waals surface area contributed by atoms with E-state index < -0.39 is 11.7 Å². The molecule has 0 fully saturated rings. The summed E-state index contributed by atoms with van der Waals surface area (Å²) in [5, 5.41) is 0.455. The smallest absolute Gasteiger partial charge is 0.382 e. The molecular formula is C24H22F3N5OS. The van der Waals surface area contributed by atoms with Gasteiger partial charge in [0.2, 0.25) is 5.78 Å². The summed E-state index contributed by atoms with van der Waals surface area (Å²) in [4.78, 5) is 27.7. The SMILES string of the molecule is CN(C)/C=N/C1=C(c2nc3ccccc3s2)C(=O)/C(=C\N(C)C)N1c1cccc(C(F)(F)F)c1. The van der Waals surface area contributed by atoms with Crippen LogP contribution in [-0.2, 0) is 11.0 Å². The zero-order valence-electron chi connectivity index (χ0n) is 19.0. The number of hydrogen-bond acceptors (Lipinski definition) is 6. The summed E-state index contributed by atoms with van der Waals surface area (Å²) in [5.74, 6) is -0.152. The first kappa shape index (κ1) is 23.5. The molecule has 1 aliphatic heterocycles. The van der Waals surface area contributed by atoms with Crippen molar-refractivity contribution in [2.75, 3.05) is 33.1 Å². The molecule has 0 saturated carbocycles. The van der Waals surface area contributed by atoms with Gasteiger partial charge < -0.3 is 9.80 Å². The maximum Gasteiger partial charge on any atom is 0.416 e. The number of carbonyl (C=O) groups excluding carboxylic acids is 1. The molecule has 1 aromatic heterocycles. The van der Waals surface area contributed by atoms with Gasteiger partial charge in [0.15, 0.2) is 5.82 Å². The molecule has 0 bridgehead atoms. The Morgan fingerprint density at radius 3 is 2.41 bits per heavy atom. The summed E-state index contributed by atoms with van der Waals surface area (Å²) in [6, 6.07) is 12.3. The number of allylic oxidation sites excluding steroid dienone is 1. The second-order valence-corrected chi connectivity index (χ2v) is 9.11. The highest BCUT2D eigenvalue weighted by atomic mass is 32.1. The van der Waals surface area contributed by atoms with Gasteiger partial charge in [0.05, 0.1) is 22.1 Å². The molecule has 0 N–H and O–H groups in total. The number of thiazole rings is 1. The maximum absolute atomic E-state index is 13.7. The Hall–Kier alpha value is -3.66. The number of Topliss-reactive ketones (excluding diaryl/α,β-unsaturated/α-hetero) is 1. The van der Waals surface area contributed by atoms with Gasteiger partial charge in [-0.25, -0.2) is 9.98 Å². The molecule has 1 aliphatic rings. The van der Waals surface area contributed by atoms with Gasteiger partial charge in [-0.3, -0.25) is 9.69 Å². The number of carbonyl (C=O) groups is 1. The van der Waals surface area contributed by atoms with Crippen LogP contribution in [0.2, 0.25) is 0 Å². The second kappa shape index (κ2) is 8.94. The Labute approximate surface area is 198 Å². The molecular weight excluding hydrogens is 463 g/mol. The molecule has 176 valence electrons. The molecule has 0 spiro atoms. The number of anilines is 1. The van der Waals surface area contributed by atoms with Crippen LogP contribution in [0.15, 0.2) is 71.2 Å². The van der Waals surface area contributed by atoms with E-state index in [1.165, 1.54) is 34.7 Å². The van der Waals surface area contributed by atoms with Crippen LogP contribution in [0.25, 0.3) is 15.8 Å². The summed E-state index contributed by atoms with van der Waals surface area (Å²) >= 11 is 1.34. The quantitative estimate of drug-likeness (QED) is 0.287. The molecule has 0 atom stereocenters. The molecule has 0 radical (unpaired) electrons. The number of aliphatic imine (C=N–C) groups is 1. The molecule has 2 aromatic carbocycles. The van der Waals surface area contributed by atoms with E-state index in [2.05, 4.69) is 9.98 Å². The van der Waals surface area contributed by atoms with Crippen LogP contribution < -0.4 is 4.90 Å². The van der Waals surface area contributed by atoms with E-state index in [4.69, 9.17) is 0 Å². The Kier molecular flexibility index (Phi) is 6.18. The zero-order valence-corrected chi connectivity index (χ0v) is 19.8. The monoisotopic (exact) mass is 485 g/mol. The Bertz CT molecular complexity index is 1300. The van der Waals surface area contributed by atoms with Crippen LogP contribution in [-0.4, -0.2) is 55.1 Å². The van der Waals surface area contributed by atoms with E-state index in [1.54, 1.807) is 44.2 Å².